The Hall–Kier alpha value is -2.49. The van der Waals surface area contributed by atoms with Crippen molar-refractivity contribution in [3.05, 3.63) is 59.7 Å². The van der Waals surface area contributed by atoms with Gasteiger partial charge in [-0.3, -0.25) is 0 Å². The summed E-state index contributed by atoms with van der Waals surface area (Å²) in [5.41, 5.74) is 4.63. The summed E-state index contributed by atoms with van der Waals surface area (Å²) in [5.74, 6) is 0.496. The monoisotopic (exact) mass is 351 g/mol. The summed E-state index contributed by atoms with van der Waals surface area (Å²) in [5, 5.41) is 3.03. The number of carbonyl (C=O) groups excluding carboxylic acids is 1. The van der Waals surface area contributed by atoms with E-state index < -0.39 is 0 Å². The lowest BCUT2D eigenvalue weighted by Gasteiger charge is -2.41. The van der Waals surface area contributed by atoms with Gasteiger partial charge >= 0.3 is 6.03 Å². The first-order valence-electron chi connectivity index (χ1n) is 9.43. The zero-order valence-electron chi connectivity index (χ0n) is 16.2. The normalized spacial score (nSPS) is 17.5. The Labute approximate surface area is 156 Å². The second kappa shape index (κ2) is 7.81. The van der Waals surface area contributed by atoms with Crippen LogP contribution in [0.25, 0.3) is 0 Å². The molecule has 2 aromatic rings. The standard InChI is InChI=1S/C22H29N3O/c1-16(2)19-7-9-20(10-8-19)23-22(26)24-13-14-25(18(4)15-24)21-11-5-17(3)6-12-21/h5-12,16,18H,13-15H2,1-4H3,(H,23,26)/t18-/m0/s1. The quantitative estimate of drug-likeness (QED) is 0.857. The average Bonchev–Trinajstić information content (AvgIpc) is 2.63. The minimum atomic E-state index is -0.0160. The van der Waals surface area contributed by atoms with Crippen LogP contribution in [0.3, 0.4) is 0 Å². The average molecular weight is 351 g/mol. The number of benzene rings is 2. The van der Waals surface area contributed by atoms with Crippen LogP contribution in [-0.2, 0) is 0 Å². The van der Waals surface area contributed by atoms with E-state index >= 15 is 0 Å². The Balaban J connectivity index is 1.59. The number of amides is 2. The Morgan fingerprint density at radius 2 is 1.69 bits per heavy atom. The first-order chi connectivity index (χ1) is 12.4. The minimum Gasteiger partial charge on any atom is -0.365 e. The third-order valence-electron chi connectivity index (χ3n) is 5.11. The molecule has 1 atom stereocenters. The molecule has 1 saturated heterocycles. The van der Waals surface area contributed by atoms with E-state index in [-0.39, 0.29) is 6.03 Å². The molecule has 1 aliphatic heterocycles. The highest BCUT2D eigenvalue weighted by Gasteiger charge is 2.26. The maximum atomic E-state index is 12.6. The van der Waals surface area contributed by atoms with E-state index in [1.807, 2.05) is 17.0 Å². The van der Waals surface area contributed by atoms with Crippen LogP contribution in [-0.4, -0.2) is 36.6 Å². The van der Waals surface area contributed by atoms with Gasteiger partial charge in [-0.05, 0) is 49.6 Å². The number of urea groups is 1. The summed E-state index contributed by atoms with van der Waals surface area (Å²) >= 11 is 0. The Kier molecular flexibility index (Phi) is 5.50. The largest absolute Gasteiger partial charge is 0.365 e. The second-order valence-electron chi connectivity index (χ2n) is 7.53. The molecular weight excluding hydrogens is 322 g/mol. The lowest BCUT2D eigenvalue weighted by Crippen LogP contribution is -2.54. The summed E-state index contributed by atoms with van der Waals surface area (Å²) in [6.07, 6.45) is 0. The number of anilines is 2. The zero-order chi connectivity index (χ0) is 18.7. The third kappa shape index (κ3) is 4.18. The first kappa shape index (κ1) is 18.3. The predicted molar refractivity (Wildman–Crippen MR) is 109 cm³/mol. The number of nitrogens with zero attached hydrogens (tertiary/aromatic N) is 2. The van der Waals surface area contributed by atoms with E-state index in [1.54, 1.807) is 0 Å². The smallest absolute Gasteiger partial charge is 0.321 e. The van der Waals surface area contributed by atoms with Gasteiger partial charge < -0.3 is 15.1 Å². The van der Waals surface area contributed by atoms with Crippen molar-refractivity contribution in [2.45, 2.75) is 39.7 Å². The summed E-state index contributed by atoms with van der Waals surface area (Å²) in [7, 11) is 0. The number of aryl methyl sites for hydroxylation is 1. The number of hydrogen-bond acceptors (Lipinski definition) is 2. The van der Waals surface area contributed by atoms with Gasteiger partial charge in [0.25, 0.3) is 0 Å². The van der Waals surface area contributed by atoms with Crippen molar-refractivity contribution in [1.82, 2.24) is 4.90 Å². The molecule has 0 aliphatic carbocycles. The van der Waals surface area contributed by atoms with Crippen LogP contribution in [0.15, 0.2) is 48.5 Å². The summed E-state index contributed by atoms with van der Waals surface area (Å²) in [6.45, 7) is 10.9. The van der Waals surface area contributed by atoms with Gasteiger partial charge in [-0.15, -0.1) is 0 Å². The molecule has 4 nitrogen and oxygen atoms in total. The molecule has 0 saturated carbocycles. The Morgan fingerprint density at radius 3 is 2.27 bits per heavy atom. The van der Waals surface area contributed by atoms with Crippen molar-refractivity contribution in [3.63, 3.8) is 0 Å². The third-order valence-corrected chi connectivity index (χ3v) is 5.11. The van der Waals surface area contributed by atoms with E-state index in [9.17, 15) is 4.79 Å². The van der Waals surface area contributed by atoms with Crippen molar-refractivity contribution < 1.29 is 4.79 Å². The maximum absolute atomic E-state index is 12.6. The molecule has 0 bridgehead atoms. The van der Waals surface area contributed by atoms with E-state index in [1.165, 1.54) is 16.8 Å². The van der Waals surface area contributed by atoms with Crippen molar-refractivity contribution in [2.75, 3.05) is 29.9 Å². The fourth-order valence-electron chi connectivity index (χ4n) is 3.42. The predicted octanol–water partition coefficient (Wildman–Crippen LogP) is 4.86. The molecule has 1 N–H and O–H groups in total. The fourth-order valence-corrected chi connectivity index (χ4v) is 3.42. The SMILES string of the molecule is Cc1ccc(N2CCN(C(=O)Nc3ccc(C(C)C)cc3)C[C@@H]2C)cc1. The van der Waals surface area contributed by atoms with Gasteiger partial charge in [-0.2, -0.15) is 0 Å². The molecule has 0 aromatic heterocycles. The minimum absolute atomic E-state index is 0.0160. The fraction of sp³-hybridized carbons (Fsp3) is 0.409. The van der Waals surface area contributed by atoms with Gasteiger partial charge in [0.15, 0.2) is 0 Å². The van der Waals surface area contributed by atoms with Gasteiger partial charge in [0.05, 0.1) is 0 Å². The number of piperazine rings is 1. The van der Waals surface area contributed by atoms with Crippen molar-refractivity contribution in [1.29, 1.82) is 0 Å². The van der Waals surface area contributed by atoms with Gasteiger partial charge in [0.1, 0.15) is 0 Å². The molecule has 3 rings (SSSR count). The van der Waals surface area contributed by atoms with E-state index in [2.05, 4.69) is 74.3 Å². The van der Waals surface area contributed by atoms with Crippen molar-refractivity contribution >= 4 is 17.4 Å². The molecule has 0 spiro atoms. The molecular formula is C22H29N3O. The van der Waals surface area contributed by atoms with Crippen LogP contribution in [0.4, 0.5) is 16.2 Å². The van der Waals surface area contributed by atoms with Crippen LogP contribution in [0.5, 0.6) is 0 Å². The molecule has 138 valence electrons. The Morgan fingerprint density at radius 1 is 1.04 bits per heavy atom. The number of nitrogens with one attached hydrogen (secondary N) is 1. The van der Waals surface area contributed by atoms with Crippen LogP contribution in [0, 0.1) is 6.92 Å². The molecule has 1 aliphatic rings. The second-order valence-corrected chi connectivity index (χ2v) is 7.53. The highest BCUT2D eigenvalue weighted by Crippen LogP contribution is 2.22. The van der Waals surface area contributed by atoms with Crippen LogP contribution < -0.4 is 10.2 Å². The van der Waals surface area contributed by atoms with Gasteiger partial charge in [-0.25, -0.2) is 4.79 Å². The number of rotatable bonds is 3. The summed E-state index contributed by atoms with van der Waals surface area (Å²) in [4.78, 5) is 16.9. The lowest BCUT2D eigenvalue weighted by atomic mass is 10.0. The molecule has 4 heteroatoms. The first-order valence-corrected chi connectivity index (χ1v) is 9.43. The topological polar surface area (TPSA) is 35.6 Å². The summed E-state index contributed by atoms with van der Waals surface area (Å²) < 4.78 is 0. The molecule has 0 radical (unpaired) electrons. The van der Waals surface area contributed by atoms with Gasteiger partial charge in [-0.1, -0.05) is 43.7 Å². The molecule has 26 heavy (non-hydrogen) atoms. The summed E-state index contributed by atoms with van der Waals surface area (Å²) in [6, 6.07) is 17.0. The molecule has 1 heterocycles. The van der Waals surface area contributed by atoms with Crippen molar-refractivity contribution in [3.8, 4) is 0 Å². The van der Waals surface area contributed by atoms with Crippen LogP contribution in [0.1, 0.15) is 37.8 Å². The van der Waals surface area contributed by atoms with Crippen molar-refractivity contribution in [2.24, 2.45) is 0 Å². The van der Waals surface area contributed by atoms with Crippen LogP contribution >= 0.6 is 0 Å². The molecule has 1 fully saturated rings. The van der Waals surface area contributed by atoms with E-state index in [4.69, 9.17) is 0 Å². The Bertz CT molecular complexity index is 737. The number of carbonyl (C=O) groups is 1. The lowest BCUT2D eigenvalue weighted by molar-refractivity contribution is 0.200. The molecule has 2 aromatic carbocycles. The zero-order valence-corrected chi connectivity index (χ0v) is 16.2. The molecule has 2 amide bonds. The highest BCUT2D eigenvalue weighted by molar-refractivity contribution is 5.89. The highest BCUT2D eigenvalue weighted by atomic mass is 16.2. The number of hydrogen-bond donors (Lipinski definition) is 1. The van der Waals surface area contributed by atoms with Gasteiger partial charge in [0, 0.05) is 37.1 Å². The maximum Gasteiger partial charge on any atom is 0.321 e. The van der Waals surface area contributed by atoms with E-state index in [0.717, 1.165) is 25.3 Å². The van der Waals surface area contributed by atoms with Gasteiger partial charge in [0.2, 0.25) is 0 Å². The molecule has 0 unspecified atom stereocenters. The van der Waals surface area contributed by atoms with E-state index in [0.29, 0.717) is 12.0 Å². The van der Waals surface area contributed by atoms with Crippen LogP contribution in [0.2, 0.25) is 0 Å².